The number of carbonyl (C=O) groups is 1. The number of nitrogens with zero attached hydrogens (tertiary/aromatic N) is 2. The molecule has 1 N–H and O–H groups in total. The van der Waals surface area contributed by atoms with Crippen LogP contribution in [0.5, 0.6) is 0 Å². The quantitative estimate of drug-likeness (QED) is 0.803. The number of hydrogen-bond donors (Lipinski definition) is 1. The second kappa shape index (κ2) is 8.78. The fourth-order valence-electron chi connectivity index (χ4n) is 3.26. The van der Waals surface area contributed by atoms with Gasteiger partial charge in [0.2, 0.25) is 15.9 Å². The first kappa shape index (κ1) is 19.9. The van der Waals surface area contributed by atoms with E-state index < -0.39 is 10.0 Å². The van der Waals surface area contributed by atoms with E-state index in [1.54, 1.807) is 24.3 Å². The standard InChI is InChI=1S/C18H29N3O3S/c1-4-21(5-2)25(23,24)17-10-8-16(9-11-17)19-18(22)14-20-12-6-7-15(3)13-20/h8-11,15H,4-7,12-14H2,1-3H3,(H,19,22)/t15-/m1/s1. The topological polar surface area (TPSA) is 69.7 Å². The van der Waals surface area contributed by atoms with Gasteiger partial charge >= 0.3 is 0 Å². The van der Waals surface area contributed by atoms with Crippen molar-refractivity contribution < 1.29 is 13.2 Å². The molecule has 1 fully saturated rings. The lowest BCUT2D eigenvalue weighted by atomic mass is 10.0. The summed E-state index contributed by atoms with van der Waals surface area (Å²) < 4.78 is 26.3. The number of nitrogens with one attached hydrogen (secondary N) is 1. The molecule has 1 aliphatic heterocycles. The van der Waals surface area contributed by atoms with Gasteiger partial charge in [-0.25, -0.2) is 8.42 Å². The Morgan fingerprint density at radius 3 is 2.44 bits per heavy atom. The van der Waals surface area contributed by atoms with Crippen LogP contribution in [0.4, 0.5) is 5.69 Å². The molecule has 0 spiro atoms. The first-order valence-electron chi connectivity index (χ1n) is 8.99. The predicted molar refractivity (Wildman–Crippen MR) is 100 cm³/mol. The van der Waals surface area contributed by atoms with Gasteiger partial charge in [-0.2, -0.15) is 4.31 Å². The minimum absolute atomic E-state index is 0.0616. The van der Waals surface area contributed by atoms with E-state index in [1.165, 1.54) is 10.7 Å². The number of piperidine rings is 1. The summed E-state index contributed by atoms with van der Waals surface area (Å²) in [6, 6.07) is 6.39. The highest BCUT2D eigenvalue weighted by Crippen LogP contribution is 2.19. The van der Waals surface area contributed by atoms with E-state index in [2.05, 4.69) is 17.1 Å². The molecule has 1 heterocycles. The van der Waals surface area contributed by atoms with E-state index in [-0.39, 0.29) is 10.8 Å². The van der Waals surface area contributed by atoms with Crippen molar-refractivity contribution in [1.82, 2.24) is 9.21 Å². The zero-order chi connectivity index (χ0) is 18.4. The lowest BCUT2D eigenvalue weighted by Gasteiger charge is -2.30. The van der Waals surface area contributed by atoms with Crippen molar-refractivity contribution in [1.29, 1.82) is 0 Å². The molecule has 0 aromatic heterocycles. The third kappa shape index (κ3) is 5.26. The molecule has 140 valence electrons. The molecule has 1 aromatic rings. The Balaban J connectivity index is 1.97. The summed E-state index contributed by atoms with van der Waals surface area (Å²) >= 11 is 0. The highest BCUT2D eigenvalue weighted by atomic mass is 32.2. The normalized spacial score (nSPS) is 19.1. The molecule has 25 heavy (non-hydrogen) atoms. The van der Waals surface area contributed by atoms with Crippen molar-refractivity contribution in [3.63, 3.8) is 0 Å². The average molecular weight is 368 g/mol. The number of amides is 1. The van der Waals surface area contributed by atoms with Gasteiger partial charge in [-0.05, 0) is 49.6 Å². The zero-order valence-electron chi connectivity index (χ0n) is 15.4. The van der Waals surface area contributed by atoms with Crippen molar-refractivity contribution in [2.45, 2.75) is 38.5 Å². The molecule has 1 amide bonds. The van der Waals surface area contributed by atoms with Crippen LogP contribution in [0.1, 0.15) is 33.6 Å². The molecule has 0 saturated carbocycles. The highest BCUT2D eigenvalue weighted by Gasteiger charge is 2.22. The maximum atomic E-state index is 12.5. The molecule has 1 atom stereocenters. The van der Waals surface area contributed by atoms with Gasteiger partial charge in [0.1, 0.15) is 0 Å². The molecule has 1 saturated heterocycles. The molecule has 1 aliphatic rings. The summed E-state index contributed by atoms with van der Waals surface area (Å²) in [6.45, 7) is 9.00. The number of benzene rings is 1. The lowest BCUT2D eigenvalue weighted by Crippen LogP contribution is -2.39. The third-order valence-corrected chi connectivity index (χ3v) is 6.65. The number of likely N-dealkylation sites (tertiary alicyclic amines) is 1. The molecule has 7 heteroatoms. The van der Waals surface area contributed by atoms with Crippen molar-refractivity contribution >= 4 is 21.6 Å². The van der Waals surface area contributed by atoms with Crippen LogP contribution in [0, 0.1) is 5.92 Å². The fourth-order valence-corrected chi connectivity index (χ4v) is 4.71. The lowest BCUT2D eigenvalue weighted by molar-refractivity contribution is -0.117. The van der Waals surface area contributed by atoms with Crippen LogP contribution >= 0.6 is 0 Å². The summed E-state index contributed by atoms with van der Waals surface area (Å²) in [7, 11) is -3.46. The average Bonchev–Trinajstić information content (AvgIpc) is 2.56. The van der Waals surface area contributed by atoms with E-state index >= 15 is 0 Å². The Hall–Kier alpha value is -1.44. The Labute approximate surface area is 151 Å². The van der Waals surface area contributed by atoms with Gasteiger partial charge in [0.15, 0.2) is 0 Å². The van der Waals surface area contributed by atoms with E-state index in [0.29, 0.717) is 31.2 Å². The van der Waals surface area contributed by atoms with E-state index in [1.807, 2.05) is 13.8 Å². The van der Waals surface area contributed by atoms with E-state index in [4.69, 9.17) is 0 Å². The van der Waals surface area contributed by atoms with Crippen LogP contribution in [-0.2, 0) is 14.8 Å². The maximum Gasteiger partial charge on any atom is 0.243 e. The van der Waals surface area contributed by atoms with Crippen LogP contribution < -0.4 is 5.32 Å². The Morgan fingerprint density at radius 2 is 1.88 bits per heavy atom. The van der Waals surface area contributed by atoms with Crippen molar-refractivity contribution in [3.05, 3.63) is 24.3 Å². The van der Waals surface area contributed by atoms with Crippen LogP contribution in [0.3, 0.4) is 0 Å². The van der Waals surface area contributed by atoms with Crippen molar-refractivity contribution in [2.75, 3.05) is 38.0 Å². The maximum absolute atomic E-state index is 12.5. The number of hydrogen-bond acceptors (Lipinski definition) is 4. The molecular formula is C18H29N3O3S. The van der Waals surface area contributed by atoms with E-state index in [9.17, 15) is 13.2 Å². The van der Waals surface area contributed by atoms with Gasteiger partial charge in [-0.3, -0.25) is 9.69 Å². The first-order chi connectivity index (χ1) is 11.9. The Morgan fingerprint density at radius 1 is 1.24 bits per heavy atom. The monoisotopic (exact) mass is 367 g/mol. The minimum Gasteiger partial charge on any atom is -0.325 e. The molecule has 0 aliphatic carbocycles. The van der Waals surface area contributed by atoms with Gasteiger partial charge in [0.25, 0.3) is 0 Å². The number of carbonyl (C=O) groups excluding carboxylic acids is 1. The molecule has 0 bridgehead atoms. The minimum atomic E-state index is -3.46. The molecule has 1 aromatic carbocycles. The Kier molecular flexibility index (Phi) is 6.98. The predicted octanol–water partition coefficient (Wildman–Crippen LogP) is 2.39. The SMILES string of the molecule is CCN(CC)S(=O)(=O)c1ccc(NC(=O)CN2CCC[C@@H](C)C2)cc1. The largest absolute Gasteiger partial charge is 0.325 e. The first-order valence-corrected chi connectivity index (χ1v) is 10.4. The number of sulfonamides is 1. The highest BCUT2D eigenvalue weighted by molar-refractivity contribution is 7.89. The summed E-state index contributed by atoms with van der Waals surface area (Å²) in [5.74, 6) is 0.569. The third-order valence-electron chi connectivity index (χ3n) is 4.59. The second-order valence-electron chi connectivity index (χ2n) is 6.64. The summed E-state index contributed by atoms with van der Waals surface area (Å²) in [5.41, 5.74) is 0.619. The van der Waals surface area contributed by atoms with Gasteiger partial charge in [0, 0.05) is 25.3 Å². The van der Waals surface area contributed by atoms with Crippen LogP contribution in [-0.4, -0.2) is 56.3 Å². The summed E-state index contributed by atoms with van der Waals surface area (Å²) in [6.07, 6.45) is 2.35. The summed E-state index contributed by atoms with van der Waals surface area (Å²) in [4.78, 5) is 14.6. The Bertz CT molecular complexity index is 669. The molecule has 0 unspecified atom stereocenters. The van der Waals surface area contributed by atoms with E-state index in [0.717, 1.165) is 19.5 Å². The number of rotatable bonds is 7. The molecular weight excluding hydrogens is 338 g/mol. The van der Waals surface area contributed by atoms with Crippen molar-refractivity contribution in [3.8, 4) is 0 Å². The van der Waals surface area contributed by atoms with Crippen LogP contribution in [0.2, 0.25) is 0 Å². The fraction of sp³-hybridized carbons (Fsp3) is 0.611. The van der Waals surface area contributed by atoms with Gasteiger partial charge in [-0.15, -0.1) is 0 Å². The zero-order valence-corrected chi connectivity index (χ0v) is 16.2. The number of anilines is 1. The van der Waals surface area contributed by atoms with Gasteiger partial charge < -0.3 is 5.32 Å². The molecule has 0 radical (unpaired) electrons. The van der Waals surface area contributed by atoms with Gasteiger partial charge in [0.05, 0.1) is 11.4 Å². The van der Waals surface area contributed by atoms with Crippen molar-refractivity contribution in [2.24, 2.45) is 5.92 Å². The van der Waals surface area contributed by atoms with Crippen LogP contribution in [0.15, 0.2) is 29.2 Å². The van der Waals surface area contributed by atoms with Crippen LogP contribution in [0.25, 0.3) is 0 Å². The smallest absolute Gasteiger partial charge is 0.243 e. The van der Waals surface area contributed by atoms with Gasteiger partial charge in [-0.1, -0.05) is 20.8 Å². The molecule has 6 nitrogen and oxygen atoms in total. The second-order valence-corrected chi connectivity index (χ2v) is 8.58. The summed E-state index contributed by atoms with van der Waals surface area (Å²) in [5, 5.41) is 2.85. The molecule has 2 rings (SSSR count).